The van der Waals surface area contributed by atoms with Crippen LogP contribution >= 0.6 is 11.6 Å². The predicted molar refractivity (Wildman–Crippen MR) is 80.1 cm³/mol. The van der Waals surface area contributed by atoms with Gasteiger partial charge in [0.25, 0.3) is 0 Å². The third-order valence-electron chi connectivity index (χ3n) is 3.32. The van der Waals surface area contributed by atoms with Crippen molar-refractivity contribution in [2.45, 2.75) is 13.0 Å². The minimum absolute atomic E-state index is 0.0416. The normalized spacial score (nSPS) is 16.7. The van der Waals surface area contributed by atoms with Crippen molar-refractivity contribution in [2.24, 2.45) is 0 Å². The van der Waals surface area contributed by atoms with E-state index in [-0.39, 0.29) is 16.7 Å². The number of carboxylic acid groups (broad SMARTS) is 1. The fourth-order valence-corrected chi connectivity index (χ4v) is 2.53. The van der Waals surface area contributed by atoms with Gasteiger partial charge in [0.15, 0.2) is 17.6 Å². The lowest BCUT2D eigenvalue weighted by Crippen LogP contribution is -2.33. The van der Waals surface area contributed by atoms with Crippen molar-refractivity contribution >= 4 is 28.5 Å². The van der Waals surface area contributed by atoms with E-state index in [0.29, 0.717) is 42.2 Å². The van der Waals surface area contributed by atoms with Crippen LogP contribution in [-0.4, -0.2) is 42.0 Å². The SMILES string of the molecule is CCOCC1COc2cc3c(Cl)c(C(=O)O)cnc3cc2O1. The van der Waals surface area contributed by atoms with Gasteiger partial charge >= 0.3 is 5.97 Å². The summed E-state index contributed by atoms with van der Waals surface area (Å²) in [5, 5.41) is 9.75. The molecule has 2 heterocycles. The zero-order valence-corrected chi connectivity index (χ0v) is 12.6. The topological polar surface area (TPSA) is 77.9 Å². The number of aromatic carboxylic acids is 1. The maximum absolute atomic E-state index is 11.1. The van der Waals surface area contributed by atoms with Crippen molar-refractivity contribution in [1.82, 2.24) is 4.98 Å². The highest BCUT2D eigenvalue weighted by atomic mass is 35.5. The fraction of sp³-hybridized carbons (Fsp3) is 0.333. The molecular formula is C15H14ClNO5. The van der Waals surface area contributed by atoms with Gasteiger partial charge in [0, 0.05) is 24.3 Å². The summed E-state index contributed by atoms with van der Waals surface area (Å²) in [4.78, 5) is 15.2. The van der Waals surface area contributed by atoms with Crippen molar-refractivity contribution < 1.29 is 24.1 Å². The molecule has 6 nitrogen and oxygen atoms in total. The van der Waals surface area contributed by atoms with Crippen molar-refractivity contribution in [3.05, 3.63) is 28.9 Å². The number of rotatable bonds is 4. The zero-order chi connectivity index (χ0) is 15.7. The summed E-state index contributed by atoms with van der Waals surface area (Å²) < 4.78 is 16.8. The first-order chi connectivity index (χ1) is 10.6. The number of aromatic nitrogens is 1. The monoisotopic (exact) mass is 323 g/mol. The van der Waals surface area contributed by atoms with Crippen LogP contribution in [0.15, 0.2) is 18.3 Å². The molecule has 116 valence electrons. The molecule has 1 aromatic heterocycles. The van der Waals surface area contributed by atoms with E-state index in [0.717, 1.165) is 0 Å². The molecule has 0 bridgehead atoms. The van der Waals surface area contributed by atoms with E-state index in [9.17, 15) is 4.79 Å². The standard InChI is InChI=1S/C15H14ClNO5/c1-2-20-6-8-7-21-12-3-9-11(4-13(12)22-8)17-5-10(14(9)16)15(18)19/h3-5,8H,2,6-7H2,1H3,(H,18,19). The Balaban J connectivity index is 1.98. The minimum atomic E-state index is -1.12. The molecule has 0 radical (unpaired) electrons. The highest BCUT2D eigenvalue weighted by Gasteiger charge is 2.23. The Bertz CT molecular complexity index is 733. The van der Waals surface area contributed by atoms with Gasteiger partial charge in [0.2, 0.25) is 0 Å². The number of carboxylic acids is 1. The lowest BCUT2D eigenvalue weighted by Gasteiger charge is -2.26. The summed E-state index contributed by atoms with van der Waals surface area (Å²) in [6, 6.07) is 3.35. The van der Waals surface area contributed by atoms with Crippen LogP contribution < -0.4 is 9.47 Å². The molecule has 1 N–H and O–H groups in total. The highest BCUT2D eigenvalue weighted by Crippen LogP contribution is 2.38. The van der Waals surface area contributed by atoms with E-state index in [4.69, 9.17) is 30.9 Å². The molecule has 1 atom stereocenters. The molecule has 1 aliphatic heterocycles. The van der Waals surface area contributed by atoms with E-state index in [2.05, 4.69) is 4.98 Å². The minimum Gasteiger partial charge on any atom is -0.486 e. The second-order valence-corrected chi connectivity index (χ2v) is 5.20. The van der Waals surface area contributed by atoms with Crippen LogP contribution in [-0.2, 0) is 4.74 Å². The van der Waals surface area contributed by atoms with Crippen LogP contribution in [0.5, 0.6) is 11.5 Å². The van der Waals surface area contributed by atoms with E-state index < -0.39 is 5.97 Å². The maximum atomic E-state index is 11.1. The van der Waals surface area contributed by atoms with Gasteiger partial charge in [-0.1, -0.05) is 11.6 Å². The third-order valence-corrected chi connectivity index (χ3v) is 3.73. The van der Waals surface area contributed by atoms with Crippen molar-refractivity contribution in [3.8, 4) is 11.5 Å². The lowest BCUT2D eigenvalue weighted by molar-refractivity contribution is 0.0129. The number of nitrogens with zero attached hydrogens (tertiary/aromatic N) is 1. The first-order valence-electron chi connectivity index (χ1n) is 6.83. The van der Waals surface area contributed by atoms with E-state index in [1.807, 2.05) is 6.92 Å². The molecule has 0 saturated carbocycles. The average molecular weight is 324 g/mol. The molecule has 1 aromatic carbocycles. The Morgan fingerprint density at radius 1 is 1.50 bits per heavy atom. The fourth-order valence-electron chi connectivity index (χ4n) is 2.25. The average Bonchev–Trinajstić information content (AvgIpc) is 2.51. The van der Waals surface area contributed by atoms with Crippen LogP contribution in [0.3, 0.4) is 0 Å². The molecule has 22 heavy (non-hydrogen) atoms. The Hall–Kier alpha value is -2.05. The van der Waals surface area contributed by atoms with Gasteiger partial charge in [-0.3, -0.25) is 4.98 Å². The predicted octanol–water partition coefficient (Wildman–Crippen LogP) is 2.76. The van der Waals surface area contributed by atoms with Gasteiger partial charge in [0.1, 0.15) is 6.61 Å². The van der Waals surface area contributed by atoms with E-state index >= 15 is 0 Å². The third kappa shape index (κ3) is 2.67. The van der Waals surface area contributed by atoms with Gasteiger partial charge in [0.05, 0.1) is 22.7 Å². The van der Waals surface area contributed by atoms with Crippen LogP contribution in [0.25, 0.3) is 10.9 Å². The Kier molecular flexibility index (Phi) is 4.04. The zero-order valence-electron chi connectivity index (χ0n) is 11.8. The first-order valence-corrected chi connectivity index (χ1v) is 7.20. The second kappa shape index (κ2) is 5.98. The summed E-state index contributed by atoms with van der Waals surface area (Å²) in [7, 11) is 0. The number of fused-ring (bicyclic) bond motifs is 2. The summed E-state index contributed by atoms with van der Waals surface area (Å²) in [5.41, 5.74) is 0.509. The molecule has 0 spiro atoms. The summed E-state index contributed by atoms with van der Waals surface area (Å²) in [6.07, 6.45) is 1.06. The second-order valence-electron chi connectivity index (χ2n) is 4.82. The largest absolute Gasteiger partial charge is 0.486 e. The van der Waals surface area contributed by atoms with Gasteiger partial charge < -0.3 is 19.3 Å². The molecule has 3 rings (SSSR count). The molecule has 7 heteroatoms. The summed E-state index contributed by atoms with van der Waals surface area (Å²) >= 11 is 6.14. The number of pyridine rings is 1. The smallest absolute Gasteiger partial charge is 0.338 e. The summed E-state index contributed by atoms with van der Waals surface area (Å²) in [5.74, 6) is -0.0485. The number of hydrogen-bond donors (Lipinski definition) is 1. The Morgan fingerprint density at radius 2 is 2.32 bits per heavy atom. The van der Waals surface area contributed by atoms with Gasteiger partial charge in [-0.2, -0.15) is 0 Å². The van der Waals surface area contributed by atoms with E-state index in [1.165, 1.54) is 6.20 Å². The number of hydrogen-bond acceptors (Lipinski definition) is 5. The van der Waals surface area contributed by atoms with E-state index in [1.54, 1.807) is 12.1 Å². The molecule has 0 amide bonds. The molecule has 0 aliphatic carbocycles. The molecule has 2 aromatic rings. The molecular weight excluding hydrogens is 310 g/mol. The quantitative estimate of drug-likeness (QED) is 0.932. The number of halogens is 1. The Labute approximate surface area is 131 Å². The van der Waals surface area contributed by atoms with Gasteiger partial charge in [-0.25, -0.2) is 4.79 Å². The van der Waals surface area contributed by atoms with Crippen LogP contribution in [0, 0.1) is 0 Å². The lowest BCUT2D eigenvalue weighted by atomic mass is 10.1. The summed E-state index contributed by atoms with van der Waals surface area (Å²) in [6.45, 7) is 3.33. The first kappa shape index (κ1) is 14.9. The van der Waals surface area contributed by atoms with Crippen molar-refractivity contribution in [2.75, 3.05) is 19.8 Å². The van der Waals surface area contributed by atoms with Crippen LogP contribution in [0.2, 0.25) is 5.02 Å². The van der Waals surface area contributed by atoms with Crippen LogP contribution in [0.4, 0.5) is 0 Å². The number of benzene rings is 1. The molecule has 1 aliphatic rings. The Morgan fingerprint density at radius 3 is 3.05 bits per heavy atom. The van der Waals surface area contributed by atoms with Gasteiger partial charge in [-0.05, 0) is 13.0 Å². The maximum Gasteiger partial charge on any atom is 0.338 e. The molecule has 0 saturated heterocycles. The van der Waals surface area contributed by atoms with Crippen LogP contribution in [0.1, 0.15) is 17.3 Å². The van der Waals surface area contributed by atoms with Crippen molar-refractivity contribution in [1.29, 1.82) is 0 Å². The van der Waals surface area contributed by atoms with Crippen molar-refractivity contribution in [3.63, 3.8) is 0 Å². The highest BCUT2D eigenvalue weighted by molar-refractivity contribution is 6.38. The number of ether oxygens (including phenoxy) is 3. The van der Waals surface area contributed by atoms with Gasteiger partial charge in [-0.15, -0.1) is 0 Å². The molecule has 1 unspecified atom stereocenters. The number of carbonyl (C=O) groups is 1. The molecule has 0 fully saturated rings.